The smallest absolute Gasteiger partial charge is 0.223 e. The van der Waals surface area contributed by atoms with Gasteiger partial charge in [-0.15, -0.1) is 0 Å². The summed E-state index contributed by atoms with van der Waals surface area (Å²) in [5.74, 6) is 0.0468. The first-order valence-electron chi connectivity index (χ1n) is 3.99. The first-order valence-corrected chi connectivity index (χ1v) is 3.99. The lowest BCUT2D eigenvalue weighted by Crippen LogP contribution is -2.24. The Bertz CT molecular complexity index is 231. The van der Waals surface area contributed by atoms with Crippen molar-refractivity contribution in [1.82, 2.24) is 4.90 Å². The molecule has 0 spiro atoms. The lowest BCUT2D eigenvalue weighted by atomic mass is 10.1. The zero-order valence-electron chi connectivity index (χ0n) is 7.16. The number of aliphatic hydroxyl groups excluding tert-OH is 1. The van der Waals surface area contributed by atoms with Crippen LogP contribution in [0.15, 0.2) is 23.9 Å². The van der Waals surface area contributed by atoms with Crippen LogP contribution in [0.5, 0.6) is 0 Å². The van der Waals surface area contributed by atoms with E-state index in [1.165, 1.54) is 6.92 Å². The second kappa shape index (κ2) is 4.07. The van der Waals surface area contributed by atoms with Gasteiger partial charge in [0.25, 0.3) is 0 Å². The lowest BCUT2D eigenvalue weighted by Gasteiger charge is -2.18. The predicted molar refractivity (Wildman–Crippen MR) is 46.3 cm³/mol. The summed E-state index contributed by atoms with van der Waals surface area (Å²) in [5.41, 5.74) is 1.09. The van der Waals surface area contributed by atoms with E-state index in [-0.39, 0.29) is 12.5 Å². The minimum Gasteiger partial charge on any atom is -0.396 e. The average molecular weight is 167 g/mol. The molecule has 0 saturated heterocycles. The highest BCUT2D eigenvalue weighted by Crippen LogP contribution is 2.09. The van der Waals surface area contributed by atoms with Gasteiger partial charge in [-0.1, -0.05) is 6.08 Å². The zero-order chi connectivity index (χ0) is 8.97. The van der Waals surface area contributed by atoms with Crippen molar-refractivity contribution in [2.45, 2.75) is 13.3 Å². The first kappa shape index (κ1) is 9.00. The number of aliphatic hydroxyl groups is 1. The molecule has 0 aliphatic carbocycles. The summed E-state index contributed by atoms with van der Waals surface area (Å²) in [6, 6.07) is 0. The van der Waals surface area contributed by atoms with Gasteiger partial charge in [0.05, 0.1) is 0 Å². The van der Waals surface area contributed by atoms with Crippen molar-refractivity contribution in [1.29, 1.82) is 0 Å². The molecule has 1 N–H and O–H groups in total. The van der Waals surface area contributed by atoms with Crippen molar-refractivity contribution >= 4 is 5.91 Å². The molecular weight excluding hydrogens is 154 g/mol. The first-order chi connectivity index (χ1) is 5.74. The predicted octanol–water partition coefficient (Wildman–Crippen LogP) is 0.671. The van der Waals surface area contributed by atoms with E-state index in [1.54, 1.807) is 11.1 Å². The molecular formula is C9H13NO2. The quantitative estimate of drug-likeness (QED) is 0.656. The molecule has 1 amide bonds. The molecule has 1 rings (SSSR count). The summed E-state index contributed by atoms with van der Waals surface area (Å²) in [4.78, 5) is 12.5. The minimum atomic E-state index is 0.0468. The van der Waals surface area contributed by atoms with E-state index in [4.69, 9.17) is 5.11 Å². The van der Waals surface area contributed by atoms with Crippen LogP contribution in [0, 0.1) is 0 Å². The van der Waals surface area contributed by atoms with Gasteiger partial charge in [0.15, 0.2) is 0 Å². The number of amides is 1. The highest BCUT2D eigenvalue weighted by molar-refractivity contribution is 5.74. The maximum atomic E-state index is 10.9. The lowest BCUT2D eigenvalue weighted by molar-refractivity contribution is -0.125. The van der Waals surface area contributed by atoms with Crippen LogP contribution in [-0.2, 0) is 4.79 Å². The van der Waals surface area contributed by atoms with Crippen LogP contribution in [0.25, 0.3) is 0 Å². The zero-order valence-corrected chi connectivity index (χ0v) is 7.16. The van der Waals surface area contributed by atoms with Gasteiger partial charge in [-0.25, -0.2) is 0 Å². The molecule has 12 heavy (non-hydrogen) atoms. The van der Waals surface area contributed by atoms with E-state index < -0.39 is 0 Å². The molecule has 3 heteroatoms. The number of carbonyl (C=O) groups excluding carboxylic acids is 1. The van der Waals surface area contributed by atoms with Crippen LogP contribution in [-0.4, -0.2) is 29.1 Å². The Morgan fingerprint density at radius 2 is 2.50 bits per heavy atom. The fraction of sp³-hybridized carbons (Fsp3) is 0.444. The number of hydrogen-bond acceptors (Lipinski definition) is 2. The fourth-order valence-electron chi connectivity index (χ4n) is 1.08. The van der Waals surface area contributed by atoms with Crippen molar-refractivity contribution in [3.8, 4) is 0 Å². The van der Waals surface area contributed by atoms with E-state index in [1.807, 2.05) is 12.2 Å². The summed E-state index contributed by atoms with van der Waals surface area (Å²) in [5, 5.41) is 8.64. The minimum absolute atomic E-state index is 0.0468. The van der Waals surface area contributed by atoms with Crippen LogP contribution in [0.3, 0.4) is 0 Å². The molecule has 0 radical (unpaired) electrons. The molecule has 0 unspecified atom stereocenters. The molecule has 66 valence electrons. The summed E-state index contributed by atoms with van der Waals surface area (Å²) in [7, 11) is 0. The Morgan fingerprint density at radius 1 is 1.75 bits per heavy atom. The molecule has 0 bridgehead atoms. The standard InChI is InChI=1S/C9H13NO2/c1-8(12)10-5-2-9(3-6-10)4-7-11/h2-3,5,11H,4,6-7H2,1H3. The molecule has 0 saturated carbocycles. The van der Waals surface area contributed by atoms with Crippen molar-refractivity contribution in [2.24, 2.45) is 0 Å². The second-order valence-corrected chi connectivity index (χ2v) is 2.74. The molecule has 0 fully saturated rings. The van der Waals surface area contributed by atoms with Crippen LogP contribution in [0.4, 0.5) is 0 Å². The van der Waals surface area contributed by atoms with Crippen LogP contribution in [0.2, 0.25) is 0 Å². The Morgan fingerprint density at radius 3 is 2.92 bits per heavy atom. The van der Waals surface area contributed by atoms with Crippen LogP contribution in [0.1, 0.15) is 13.3 Å². The van der Waals surface area contributed by atoms with Crippen molar-refractivity contribution in [3.05, 3.63) is 23.9 Å². The van der Waals surface area contributed by atoms with Gasteiger partial charge < -0.3 is 10.0 Å². The molecule has 0 atom stereocenters. The normalized spacial score (nSPS) is 16.2. The molecule has 1 aliphatic heterocycles. The Kier molecular flexibility index (Phi) is 3.05. The average Bonchev–Trinajstić information content (AvgIpc) is 2.06. The van der Waals surface area contributed by atoms with E-state index in [9.17, 15) is 4.79 Å². The second-order valence-electron chi connectivity index (χ2n) is 2.74. The third-order valence-corrected chi connectivity index (χ3v) is 1.82. The highest BCUT2D eigenvalue weighted by Gasteiger charge is 2.06. The van der Waals surface area contributed by atoms with Crippen LogP contribution < -0.4 is 0 Å². The van der Waals surface area contributed by atoms with Gasteiger partial charge in [-0.3, -0.25) is 4.79 Å². The molecule has 1 heterocycles. The number of nitrogens with zero attached hydrogens (tertiary/aromatic N) is 1. The highest BCUT2D eigenvalue weighted by atomic mass is 16.3. The summed E-state index contributed by atoms with van der Waals surface area (Å²) >= 11 is 0. The molecule has 1 aliphatic rings. The van der Waals surface area contributed by atoms with Gasteiger partial charge >= 0.3 is 0 Å². The maximum absolute atomic E-state index is 10.9. The number of hydrogen-bond donors (Lipinski definition) is 1. The third kappa shape index (κ3) is 2.20. The monoisotopic (exact) mass is 167 g/mol. The van der Waals surface area contributed by atoms with Crippen molar-refractivity contribution in [2.75, 3.05) is 13.2 Å². The van der Waals surface area contributed by atoms with Gasteiger partial charge in [0.1, 0.15) is 0 Å². The largest absolute Gasteiger partial charge is 0.396 e. The molecule has 3 nitrogen and oxygen atoms in total. The topological polar surface area (TPSA) is 40.5 Å². The van der Waals surface area contributed by atoms with E-state index in [0.29, 0.717) is 13.0 Å². The number of allylic oxidation sites excluding steroid dienone is 1. The Hall–Kier alpha value is -1.09. The Labute approximate surface area is 72.0 Å². The van der Waals surface area contributed by atoms with E-state index in [0.717, 1.165) is 5.57 Å². The number of rotatable bonds is 2. The fourth-order valence-corrected chi connectivity index (χ4v) is 1.08. The van der Waals surface area contributed by atoms with Crippen molar-refractivity contribution < 1.29 is 9.90 Å². The summed E-state index contributed by atoms with van der Waals surface area (Å²) < 4.78 is 0. The molecule has 0 aromatic heterocycles. The van der Waals surface area contributed by atoms with E-state index >= 15 is 0 Å². The third-order valence-electron chi connectivity index (χ3n) is 1.82. The SMILES string of the molecule is CC(=O)N1C=CC(CCO)=CC1. The van der Waals surface area contributed by atoms with Gasteiger partial charge in [0.2, 0.25) is 5.91 Å². The molecule has 0 aromatic rings. The van der Waals surface area contributed by atoms with Gasteiger partial charge in [-0.2, -0.15) is 0 Å². The van der Waals surface area contributed by atoms with Crippen LogP contribution >= 0.6 is 0 Å². The number of carbonyl (C=O) groups is 1. The Balaban J connectivity index is 2.49. The summed E-state index contributed by atoms with van der Waals surface area (Å²) in [6.45, 7) is 2.33. The van der Waals surface area contributed by atoms with Gasteiger partial charge in [-0.05, 0) is 18.1 Å². The van der Waals surface area contributed by atoms with Crippen molar-refractivity contribution in [3.63, 3.8) is 0 Å². The van der Waals surface area contributed by atoms with Gasteiger partial charge in [0, 0.05) is 26.3 Å². The maximum Gasteiger partial charge on any atom is 0.223 e. The molecule has 0 aromatic carbocycles. The summed E-state index contributed by atoms with van der Waals surface area (Å²) in [6.07, 6.45) is 6.24. The van der Waals surface area contributed by atoms with E-state index in [2.05, 4.69) is 0 Å².